The van der Waals surface area contributed by atoms with Gasteiger partial charge in [0.15, 0.2) is 10.8 Å². The summed E-state index contributed by atoms with van der Waals surface area (Å²) in [7, 11) is 0. The molecule has 1 aromatic carbocycles. The molecule has 2 aromatic rings. The van der Waals surface area contributed by atoms with Gasteiger partial charge in [0.1, 0.15) is 11.9 Å². The van der Waals surface area contributed by atoms with Crippen molar-refractivity contribution in [3.05, 3.63) is 63.5 Å². The molecule has 124 valence electrons. The van der Waals surface area contributed by atoms with Gasteiger partial charge in [0.05, 0.1) is 12.2 Å². The van der Waals surface area contributed by atoms with Gasteiger partial charge in [-0.1, -0.05) is 12.1 Å². The molecular weight excluding hydrogens is 329 g/mol. The van der Waals surface area contributed by atoms with Gasteiger partial charge in [0, 0.05) is 17.8 Å². The number of carbonyl (C=O) groups excluding carboxylic acids is 1. The van der Waals surface area contributed by atoms with Gasteiger partial charge < -0.3 is 10.1 Å². The minimum Gasteiger partial charge on any atom is -0.463 e. The number of ether oxygens (including phenoxy) is 1. The molecule has 24 heavy (non-hydrogen) atoms. The lowest BCUT2D eigenvalue weighted by Gasteiger charge is -2.23. The maximum absolute atomic E-state index is 14.0. The van der Waals surface area contributed by atoms with Gasteiger partial charge in [-0.05, 0) is 31.0 Å². The molecule has 0 radical (unpaired) electrons. The van der Waals surface area contributed by atoms with Gasteiger partial charge in [0.2, 0.25) is 0 Å². The highest BCUT2D eigenvalue weighted by molar-refractivity contribution is 7.11. The Hall–Kier alpha value is -2.54. The van der Waals surface area contributed by atoms with Crippen LogP contribution < -0.4 is 5.32 Å². The first-order valence-corrected chi connectivity index (χ1v) is 8.36. The van der Waals surface area contributed by atoms with Crippen LogP contribution in [0.5, 0.6) is 0 Å². The molecule has 0 bridgehead atoms. The monoisotopic (exact) mass is 345 g/mol. The highest BCUT2D eigenvalue weighted by atomic mass is 32.1. The second-order valence-corrected chi connectivity index (χ2v) is 6.03. The van der Waals surface area contributed by atoms with Gasteiger partial charge in [-0.2, -0.15) is 0 Å². The molecular formula is C17H16FN3O2S. The van der Waals surface area contributed by atoms with E-state index in [9.17, 15) is 9.18 Å². The zero-order valence-electron chi connectivity index (χ0n) is 13.2. The van der Waals surface area contributed by atoms with Crippen LogP contribution in [0.3, 0.4) is 0 Å². The molecule has 5 nitrogen and oxygen atoms in total. The molecule has 1 atom stereocenters. The van der Waals surface area contributed by atoms with E-state index in [0.717, 1.165) is 0 Å². The third kappa shape index (κ3) is 3.07. The molecule has 0 unspecified atom stereocenters. The first-order valence-electron chi connectivity index (χ1n) is 7.48. The van der Waals surface area contributed by atoms with Crippen molar-refractivity contribution in [3.8, 4) is 0 Å². The number of aromatic nitrogens is 1. The van der Waals surface area contributed by atoms with Crippen molar-refractivity contribution in [1.82, 2.24) is 10.3 Å². The van der Waals surface area contributed by atoms with Gasteiger partial charge in [-0.3, -0.25) is 4.99 Å². The second-order valence-electron chi connectivity index (χ2n) is 5.14. The van der Waals surface area contributed by atoms with Crippen LogP contribution in [0.4, 0.5) is 4.39 Å². The van der Waals surface area contributed by atoms with Crippen molar-refractivity contribution in [1.29, 1.82) is 0 Å². The van der Waals surface area contributed by atoms with Crippen LogP contribution in [-0.4, -0.2) is 23.4 Å². The SMILES string of the molecule is CCOC(=O)C1=CNC(c2nccs2)=N[C@H]1c1cccc(F)c1C. The Morgan fingerprint density at radius 1 is 1.46 bits per heavy atom. The van der Waals surface area contributed by atoms with Crippen LogP contribution in [0.1, 0.15) is 29.1 Å². The van der Waals surface area contributed by atoms with Crippen LogP contribution >= 0.6 is 11.3 Å². The number of halogens is 1. The number of carbonyl (C=O) groups is 1. The van der Waals surface area contributed by atoms with Gasteiger partial charge in [-0.25, -0.2) is 14.2 Å². The first-order chi connectivity index (χ1) is 11.6. The lowest BCUT2D eigenvalue weighted by Crippen LogP contribution is -2.29. The topological polar surface area (TPSA) is 63.6 Å². The molecule has 0 spiro atoms. The van der Waals surface area contributed by atoms with Gasteiger partial charge >= 0.3 is 5.97 Å². The molecule has 1 aromatic heterocycles. The zero-order valence-corrected chi connectivity index (χ0v) is 14.1. The summed E-state index contributed by atoms with van der Waals surface area (Å²) in [5, 5.41) is 5.53. The van der Waals surface area contributed by atoms with Crippen molar-refractivity contribution < 1.29 is 13.9 Å². The summed E-state index contributed by atoms with van der Waals surface area (Å²) in [4.78, 5) is 21.1. The van der Waals surface area contributed by atoms with Crippen molar-refractivity contribution in [2.75, 3.05) is 6.61 Å². The molecule has 0 saturated heterocycles. The normalized spacial score (nSPS) is 16.9. The molecule has 1 aliphatic rings. The largest absolute Gasteiger partial charge is 0.463 e. The predicted molar refractivity (Wildman–Crippen MR) is 90.4 cm³/mol. The van der Waals surface area contributed by atoms with E-state index in [0.29, 0.717) is 27.5 Å². The van der Waals surface area contributed by atoms with E-state index in [4.69, 9.17) is 4.74 Å². The summed E-state index contributed by atoms with van der Waals surface area (Å²) in [5.41, 5.74) is 1.43. The average Bonchev–Trinajstić information content (AvgIpc) is 3.12. The Labute approximate surface area is 142 Å². The maximum Gasteiger partial charge on any atom is 0.338 e. The van der Waals surface area contributed by atoms with Crippen LogP contribution in [0.25, 0.3) is 0 Å². The number of aliphatic imine (C=N–C) groups is 1. The summed E-state index contributed by atoms with van der Waals surface area (Å²) in [6.45, 7) is 3.67. The number of amidine groups is 1. The van der Waals surface area contributed by atoms with Crippen molar-refractivity contribution in [2.24, 2.45) is 4.99 Å². The predicted octanol–water partition coefficient (Wildman–Crippen LogP) is 3.13. The van der Waals surface area contributed by atoms with Crippen molar-refractivity contribution in [3.63, 3.8) is 0 Å². The maximum atomic E-state index is 14.0. The number of rotatable bonds is 4. The Bertz CT molecular complexity index is 815. The highest BCUT2D eigenvalue weighted by Gasteiger charge is 2.29. The van der Waals surface area contributed by atoms with Crippen molar-refractivity contribution >= 4 is 23.1 Å². The Kier molecular flexibility index (Phi) is 4.71. The highest BCUT2D eigenvalue weighted by Crippen LogP contribution is 2.32. The fraction of sp³-hybridized carbons (Fsp3) is 0.235. The Morgan fingerprint density at radius 2 is 2.29 bits per heavy atom. The fourth-order valence-electron chi connectivity index (χ4n) is 2.46. The Morgan fingerprint density at radius 3 is 3.00 bits per heavy atom. The van der Waals surface area contributed by atoms with Crippen LogP contribution in [0, 0.1) is 12.7 Å². The van der Waals surface area contributed by atoms with E-state index in [1.165, 1.54) is 17.4 Å². The number of nitrogens with zero attached hydrogens (tertiary/aromatic N) is 2. The van der Waals surface area contributed by atoms with E-state index in [1.54, 1.807) is 38.4 Å². The minimum absolute atomic E-state index is 0.258. The molecule has 0 aliphatic carbocycles. The van der Waals surface area contributed by atoms with Crippen molar-refractivity contribution in [2.45, 2.75) is 19.9 Å². The molecule has 0 fully saturated rings. The molecule has 1 N–H and O–H groups in total. The molecule has 7 heteroatoms. The number of hydrogen-bond acceptors (Lipinski definition) is 6. The summed E-state index contributed by atoms with van der Waals surface area (Å²) in [6, 6.07) is 4.13. The summed E-state index contributed by atoms with van der Waals surface area (Å²) in [5.74, 6) is -0.257. The fourth-order valence-corrected chi connectivity index (χ4v) is 3.06. The summed E-state index contributed by atoms with van der Waals surface area (Å²) in [6.07, 6.45) is 3.24. The van der Waals surface area contributed by atoms with E-state index in [-0.39, 0.29) is 12.4 Å². The summed E-state index contributed by atoms with van der Waals surface area (Å²) < 4.78 is 19.1. The third-order valence-corrected chi connectivity index (χ3v) is 4.45. The quantitative estimate of drug-likeness (QED) is 0.865. The summed E-state index contributed by atoms with van der Waals surface area (Å²) >= 11 is 1.43. The zero-order chi connectivity index (χ0) is 17.1. The number of esters is 1. The second kappa shape index (κ2) is 6.92. The molecule has 0 saturated carbocycles. The lowest BCUT2D eigenvalue weighted by molar-refractivity contribution is -0.138. The van der Waals surface area contributed by atoms with E-state index >= 15 is 0 Å². The molecule has 1 aliphatic heterocycles. The average molecular weight is 345 g/mol. The lowest BCUT2D eigenvalue weighted by atomic mass is 9.94. The first kappa shape index (κ1) is 16.3. The molecule has 2 heterocycles. The molecule has 3 rings (SSSR count). The number of nitrogens with one attached hydrogen (secondary N) is 1. The van der Waals surface area contributed by atoms with E-state index in [1.807, 2.05) is 5.38 Å². The van der Waals surface area contributed by atoms with Gasteiger partial charge in [0.25, 0.3) is 0 Å². The standard InChI is InChI=1S/C17H16FN3O2S/c1-3-23-17(22)12-9-20-15(16-19-7-8-24-16)21-14(12)11-5-4-6-13(18)10(11)2/h4-9,14H,3H2,1-2H3,(H,20,21)/t14-/m0/s1. The molecule has 0 amide bonds. The number of hydrogen-bond donors (Lipinski definition) is 1. The van der Waals surface area contributed by atoms with Gasteiger partial charge in [-0.15, -0.1) is 11.3 Å². The third-order valence-electron chi connectivity index (χ3n) is 3.67. The Balaban J connectivity index is 2.06. The number of thiazole rings is 1. The smallest absolute Gasteiger partial charge is 0.338 e. The number of benzene rings is 1. The van der Waals surface area contributed by atoms with E-state index in [2.05, 4.69) is 15.3 Å². The van der Waals surface area contributed by atoms with E-state index < -0.39 is 12.0 Å². The minimum atomic E-state index is -0.639. The van der Waals surface area contributed by atoms with Crippen LogP contribution in [-0.2, 0) is 9.53 Å². The van der Waals surface area contributed by atoms with Crippen LogP contribution in [0.2, 0.25) is 0 Å². The van der Waals surface area contributed by atoms with Crippen LogP contribution in [0.15, 0.2) is 46.5 Å².